The molecule has 2 atom stereocenters. The summed E-state index contributed by atoms with van der Waals surface area (Å²) in [5.41, 5.74) is 0. The summed E-state index contributed by atoms with van der Waals surface area (Å²) in [5, 5.41) is 0. The van der Waals surface area contributed by atoms with E-state index in [4.69, 9.17) is 18.5 Å². The lowest BCUT2D eigenvalue weighted by molar-refractivity contribution is -0.870. The normalized spacial score (nSPS) is 13.3. The molecule has 0 spiro atoms. The number of phosphoric ester groups is 1. The fraction of sp³-hybridized carbons (Fsp3) is 0.848. The lowest BCUT2D eigenvalue weighted by atomic mass is 10.0. The first-order valence-corrected chi connectivity index (χ1v) is 46.1. The highest BCUT2D eigenvalue weighted by molar-refractivity contribution is 7.45. The van der Waals surface area contributed by atoms with Crippen molar-refractivity contribution >= 4 is 19.8 Å². The van der Waals surface area contributed by atoms with Gasteiger partial charge in [0.2, 0.25) is 0 Å². The van der Waals surface area contributed by atoms with E-state index >= 15 is 0 Å². The smallest absolute Gasteiger partial charge is 0.306 e. The molecule has 0 aromatic rings. The minimum absolute atomic E-state index is 0.0280. The van der Waals surface area contributed by atoms with Crippen molar-refractivity contribution in [2.75, 3.05) is 47.5 Å². The van der Waals surface area contributed by atoms with Crippen LogP contribution >= 0.6 is 7.82 Å². The van der Waals surface area contributed by atoms with E-state index in [1.165, 1.54) is 353 Å². The molecule has 0 radical (unpaired) electrons. The zero-order valence-electron chi connectivity index (χ0n) is 68.6. The molecular formula is C92H172NO8P. The quantitative estimate of drug-likeness (QED) is 0.0195. The monoisotopic (exact) mass is 1450 g/mol. The van der Waals surface area contributed by atoms with Gasteiger partial charge in [0, 0.05) is 12.8 Å². The lowest BCUT2D eigenvalue weighted by Gasteiger charge is -2.28. The number of ether oxygens (including phenoxy) is 2. The minimum Gasteiger partial charge on any atom is -0.756 e. The van der Waals surface area contributed by atoms with Crippen LogP contribution in [-0.4, -0.2) is 70.0 Å². The molecule has 0 fully saturated rings. The van der Waals surface area contributed by atoms with Gasteiger partial charge in [0.1, 0.15) is 19.8 Å². The van der Waals surface area contributed by atoms with E-state index < -0.39 is 26.5 Å². The summed E-state index contributed by atoms with van der Waals surface area (Å²) < 4.78 is 34.5. The Balaban J connectivity index is 3.84. The van der Waals surface area contributed by atoms with Gasteiger partial charge in [-0.05, 0) is 83.5 Å². The van der Waals surface area contributed by atoms with E-state index in [1.54, 1.807) is 0 Å². The Morgan fingerprint density at radius 3 is 0.833 bits per heavy atom. The van der Waals surface area contributed by atoms with Gasteiger partial charge in [-0.2, -0.15) is 0 Å². The van der Waals surface area contributed by atoms with Gasteiger partial charge in [0.05, 0.1) is 27.7 Å². The first-order valence-electron chi connectivity index (χ1n) is 44.6. The molecule has 0 saturated heterocycles. The number of hydrogen-bond donors (Lipinski definition) is 0. The predicted molar refractivity (Wildman–Crippen MR) is 443 cm³/mol. The zero-order chi connectivity index (χ0) is 74.0. The number of quaternary nitrogens is 1. The molecule has 0 saturated carbocycles. The minimum atomic E-state index is -4.65. The van der Waals surface area contributed by atoms with E-state index in [2.05, 4.69) is 86.8 Å². The molecular weight excluding hydrogens is 1280 g/mol. The predicted octanol–water partition coefficient (Wildman–Crippen LogP) is 29.6. The van der Waals surface area contributed by atoms with E-state index in [0.29, 0.717) is 17.4 Å². The summed E-state index contributed by atoms with van der Waals surface area (Å²) in [6.07, 6.45) is 114. The van der Waals surface area contributed by atoms with Crippen LogP contribution in [0.15, 0.2) is 72.9 Å². The molecule has 0 aliphatic carbocycles. The van der Waals surface area contributed by atoms with Gasteiger partial charge in [-0.15, -0.1) is 0 Å². The average molecular weight is 1450 g/mol. The molecule has 0 amide bonds. The first kappa shape index (κ1) is 99.5. The van der Waals surface area contributed by atoms with Gasteiger partial charge in [0.15, 0.2) is 6.10 Å². The number of carbonyl (C=O) groups is 2. The maximum Gasteiger partial charge on any atom is 0.306 e. The van der Waals surface area contributed by atoms with Crippen molar-refractivity contribution in [3.63, 3.8) is 0 Å². The van der Waals surface area contributed by atoms with Crippen LogP contribution in [-0.2, 0) is 32.7 Å². The highest BCUT2D eigenvalue weighted by Crippen LogP contribution is 2.38. The fourth-order valence-corrected chi connectivity index (χ4v) is 14.2. The molecule has 0 aliphatic heterocycles. The van der Waals surface area contributed by atoms with E-state index in [1.807, 2.05) is 21.1 Å². The number of hydrogen-bond acceptors (Lipinski definition) is 8. The molecule has 0 N–H and O–H groups in total. The maximum absolute atomic E-state index is 12.9. The van der Waals surface area contributed by atoms with Crippen LogP contribution in [0, 0.1) is 0 Å². The molecule has 0 aromatic carbocycles. The number of allylic oxidation sites excluding steroid dienone is 12. The van der Waals surface area contributed by atoms with E-state index in [0.717, 1.165) is 64.2 Å². The zero-order valence-corrected chi connectivity index (χ0v) is 69.5. The highest BCUT2D eigenvalue weighted by Gasteiger charge is 2.22. The summed E-state index contributed by atoms with van der Waals surface area (Å²) in [6.45, 7) is 4.20. The van der Waals surface area contributed by atoms with E-state index in [-0.39, 0.29) is 32.0 Å². The number of esters is 2. The van der Waals surface area contributed by atoms with Gasteiger partial charge < -0.3 is 27.9 Å². The van der Waals surface area contributed by atoms with Crippen LogP contribution < -0.4 is 4.89 Å². The molecule has 10 heteroatoms. The van der Waals surface area contributed by atoms with Crippen molar-refractivity contribution in [2.45, 2.75) is 457 Å². The highest BCUT2D eigenvalue weighted by atomic mass is 31.2. The third-order valence-corrected chi connectivity index (χ3v) is 21.2. The largest absolute Gasteiger partial charge is 0.756 e. The Morgan fingerprint density at radius 2 is 0.559 bits per heavy atom. The number of rotatable bonds is 84. The summed E-state index contributed by atoms with van der Waals surface area (Å²) in [5.74, 6) is -0.806. The van der Waals surface area contributed by atoms with Gasteiger partial charge in [-0.25, -0.2) is 0 Å². The van der Waals surface area contributed by atoms with Crippen LogP contribution in [0.2, 0.25) is 0 Å². The Bertz CT molecular complexity index is 1950. The van der Waals surface area contributed by atoms with Crippen LogP contribution in [0.5, 0.6) is 0 Å². The summed E-state index contributed by atoms with van der Waals surface area (Å²) in [6, 6.07) is 0. The molecule has 0 aliphatic rings. The summed E-state index contributed by atoms with van der Waals surface area (Å²) in [4.78, 5) is 38.3. The summed E-state index contributed by atoms with van der Waals surface area (Å²) in [7, 11) is 1.19. The molecule has 598 valence electrons. The lowest BCUT2D eigenvalue weighted by Crippen LogP contribution is -2.37. The van der Waals surface area contributed by atoms with Crippen LogP contribution in [0.4, 0.5) is 0 Å². The number of unbranched alkanes of at least 4 members (excludes halogenated alkanes) is 58. The maximum atomic E-state index is 12.9. The third kappa shape index (κ3) is 86.4. The van der Waals surface area contributed by atoms with Gasteiger partial charge in [-0.1, -0.05) is 427 Å². The van der Waals surface area contributed by atoms with E-state index in [9.17, 15) is 19.0 Å². The molecule has 0 aromatic heterocycles. The van der Waals surface area contributed by atoms with Gasteiger partial charge >= 0.3 is 11.9 Å². The Morgan fingerprint density at radius 1 is 0.314 bits per heavy atom. The van der Waals surface area contributed by atoms with Crippen molar-refractivity contribution in [1.82, 2.24) is 0 Å². The Labute approximate surface area is 635 Å². The van der Waals surface area contributed by atoms with Gasteiger partial charge in [-0.3, -0.25) is 14.2 Å². The first-order chi connectivity index (χ1) is 50.0. The average Bonchev–Trinajstić information content (AvgIpc) is 0.914. The van der Waals surface area contributed by atoms with Crippen molar-refractivity contribution in [1.29, 1.82) is 0 Å². The second-order valence-electron chi connectivity index (χ2n) is 31.6. The van der Waals surface area contributed by atoms with Crippen LogP contribution in [0.1, 0.15) is 450 Å². The van der Waals surface area contributed by atoms with Crippen molar-refractivity contribution in [3.05, 3.63) is 72.9 Å². The van der Waals surface area contributed by atoms with Crippen molar-refractivity contribution in [3.8, 4) is 0 Å². The number of phosphoric acid groups is 1. The molecule has 2 unspecified atom stereocenters. The molecule has 0 heterocycles. The van der Waals surface area contributed by atoms with Crippen LogP contribution in [0.25, 0.3) is 0 Å². The van der Waals surface area contributed by atoms with Crippen molar-refractivity contribution < 1.29 is 42.1 Å². The molecule has 102 heavy (non-hydrogen) atoms. The summed E-state index contributed by atoms with van der Waals surface area (Å²) >= 11 is 0. The second kappa shape index (κ2) is 82.5. The third-order valence-electron chi connectivity index (χ3n) is 20.2. The van der Waals surface area contributed by atoms with Crippen molar-refractivity contribution in [2.24, 2.45) is 0 Å². The standard InChI is InChI=1S/C92H172NO8P/c1-6-8-10-12-14-16-18-20-22-24-26-28-30-32-34-36-38-40-42-44-46-48-50-52-54-56-58-60-62-64-66-68-70-72-74-76-78-80-82-84-91(94)98-88-90(89-100-102(96,97)99-87-86-93(3,4)5)101-92(95)85-83-81-79-77-75-73-71-69-67-65-63-61-59-57-55-53-51-49-47-45-43-41-39-37-35-33-31-29-27-25-23-21-19-17-15-13-11-9-7-2/h9,11,15,17-18,20-21,23-24,26-27,29,90H,6-8,10,12-14,16,19,22,25,28,30-89H2,1-5H3/b11-9-,17-15-,20-18-,23-21-,26-24-,29-27-. The molecule has 9 nitrogen and oxygen atoms in total. The number of carbonyl (C=O) groups excluding carboxylic acids is 2. The SMILES string of the molecule is CC/C=C\C/C=C\C/C=C\C/C=C\CCCCCCCCCCCCCCCCCCCCCCCCCCCCC(=O)OC(COC(=O)CCCCCCCCCCCCCCCCCCCCCCCCCCCCC/C=C\C/C=C\CCCCCCC)COP(=O)([O-])OCC[N+](C)(C)C. The van der Waals surface area contributed by atoms with Crippen LogP contribution in [0.3, 0.4) is 0 Å². The Hall–Kier alpha value is -2.55. The fourth-order valence-electron chi connectivity index (χ4n) is 13.5. The van der Waals surface area contributed by atoms with Gasteiger partial charge in [0.25, 0.3) is 7.82 Å². The second-order valence-corrected chi connectivity index (χ2v) is 33.0. The number of likely N-dealkylation sites (N-methyl/N-ethyl adjacent to an activating group) is 1. The number of nitrogens with zero attached hydrogens (tertiary/aromatic N) is 1. The Kier molecular flexibility index (Phi) is 80.4. The molecule has 0 bridgehead atoms. The topological polar surface area (TPSA) is 111 Å². The molecule has 0 rings (SSSR count).